The molecule has 15 heavy (non-hydrogen) atoms. The molecule has 1 fully saturated rings. The number of carbonyl (C=O) groups excluding carboxylic acids is 1. The maximum atomic E-state index is 11.9. The summed E-state index contributed by atoms with van der Waals surface area (Å²) in [6.45, 7) is 6.15. The number of Topliss-reactive ketones (excluding diaryl/α,β-unsaturated/α-hetero) is 1. The van der Waals surface area contributed by atoms with Gasteiger partial charge in [-0.25, -0.2) is 0 Å². The van der Waals surface area contributed by atoms with Gasteiger partial charge in [-0.2, -0.15) is 0 Å². The van der Waals surface area contributed by atoms with Crippen molar-refractivity contribution >= 4 is 11.8 Å². The molecule has 3 heteroatoms. The fourth-order valence-electron chi connectivity index (χ4n) is 2.51. The van der Waals surface area contributed by atoms with Crippen LogP contribution in [0.4, 0.5) is 0 Å². The highest BCUT2D eigenvalue weighted by Crippen LogP contribution is 2.44. The molecular formula is C12H20O3. The van der Waals surface area contributed by atoms with Gasteiger partial charge in [0.15, 0.2) is 0 Å². The Morgan fingerprint density at radius 1 is 1.53 bits per heavy atom. The molecule has 0 heterocycles. The van der Waals surface area contributed by atoms with E-state index in [9.17, 15) is 9.59 Å². The van der Waals surface area contributed by atoms with Crippen LogP contribution in [0.1, 0.15) is 46.5 Å². The Balaban J connectivity index is 2.76. The molecule has 86 valence electrons. The summed E-state index contributed by atoms with van der Waals surface area (Å²) in [5.41, 5.74) is -0.421. The maximum Gasteiger partial charge on any atom is 0.303 e. The molecule has 1 N–H and O–H groups in total. The Morgan fingerprint density at radius 2 is 2.13 bits per heavy atom. The van der Waals surface area contributed by atoms with Crippen molar-refractivity contribution in [3.63, 3.8) is 0 Å². The molecule has 3 atom stereocenters. The van der Waals surface area contributed by atoms with Crippen molar-refractivity contribution in [2.75, 3.05) is 0 Å². The minimum Gasteiger partial charge on any atom is -0.481 e. The van der Waals surface area contributed by atoms with Crippen LogP contribution in [0.15, 0.2) is 0 Å². The number of carboxylic acids is 1. The second-order valence-electron chi connectivity index (χ2n) is 5.04. The second-order valence-corrected chi connectivity index (χ2v) is 5.04. The van der Waals surface area contributed by atoms with Gasteiger partial charge < -0.3 is 5.11 Å². The number of rotatable bonds is 3. The number of carbonyl (C=O) groups is 2. The van der Waals surface area contributed by atoms with E-state index in [1.165, 1.54) is 0 Å². The van der Waals surface area contributed by atoms with Gasteiger partial charge in [-0.3, -0.25) is 9.59 Å². The third-order valence-corrected chi connectivity index (χ3v) is 4.18. The predicted molar refractivity (Wildman–Crippen MR) is 57.5 cm³/mol. The lowest BCUT2D eigenvalue weighted by atomic mass is 9.61. The fraction of sp³-hybridized carbons (Fsp3) is 0.833. The van der Waals surface area contributed by atoms with Crippen molar-refractivity contribution < 1.29 is 14.7 Å². The van der Waals surface area contributed by atoms with Gasteiger partial charge in [0, 0.05) is 18.3 Å². The molecule has 0 aliphatic heterocycles. The van der Waals surface area contributed by atoms with Gasteiger partial charge in [-0.05, 0) is 24.7 Å². The zero-order valence-electron chi connectivity index (χ0n) is 9.75. The molecule has 0 spiro atoms. The van der Waals surface area contributed by atoms with E-state index in [0.29, 0.717) is 18.8 Å². The van der Waals surface area contributed by atoms with E-state index in [4.69, 9.17) is 5.11 Å². The molecule has 0 aromatic carbocycles. The van der Waals surface area contributed by atoms with Crippen LogP contribution in [0, 0.1) is 17.3 Å². The lowest BCUT2D eigenvalue weighted by Gasteiger charge is -2.42. The molecule has 0 aromatic rings. The number of carboxylic acid groups (broad SMARTS) is 1. The van der Waals surface area contributed by atoms with E-state index < -0.39 is 11.4 Å². The van der Waals surface area contributed by atoms with Crippen molar-refractivity contribution in [1.29, 1.82) is 0 Å². The standard InChI is InChI=1S/C12H20O3/c1-8-4-5-10(13)12(3,9(8)2)7-6-11(14)15/h8-9H,4-7H2,1-3H3,(H,14,15). The van der Waals surface area contributed by atoms with Gasteiger partial charge in [0.05, 0.1) is 0 Å². The monoisotopic (exact) mass is 212 g/mol. The Morgan fingerprint density at radius 3 is 2.67 bits per heavy atom. The summed E-state index contributed by atoms with van der Waals surface area (Å²) in [7, 11) is 0. The molecule has 0 saturated heterocycles. The lowest BCUT2D eigenvalue weighted by Crippen LogP contribution is -2.42. The van der Waals surface area contributed by atoms with E-state index in [1.54, 1.807) is 0 Å². The van der Waals surface area contributed by atoms with Gasteiger partial charge in [-0.15, -0.1) is 0 Å². The van der Waals surface area contributed by atoms with E-state index >= 15 is 0 Å². The van der Waals surface area contributed by atoms with E-state index in [-0.39, 0.29) is 18.1 Å². The highest BCUT2D eigenvalue weighted by Gasteiger charge is 2.43. The highest BCUT2D eigenvalue weighted by molar-refractivity contribution is 5.86. The van der Waals surface area contributed by atoms with Crippen LogP contribution < -0.4 is 0 Å². The van der Waals surface area contributed by atoms with Crippen LogP contribution in [0.2, 0.25) is 0 Å². The van der Waals surface area contributed by atoms with Crippen LogP contribution in [0.25, 0.3) is 0 Å². The first kappa shape index (κ1) is 12.2. The summed E-state index contributed by atoms with van der Waals surface area (Å²) in [5.74, 6) is 0.239. The van der Waals surface area contributed by atoms with Crippen LogP contribution in [0.3, 0.4) is 0 Å². The van der Waals surface area contributed by atoms with E-state index in [2.05, 4.69) is 13.8 Å². The van der Waals surface area contributed by atoms with Crippen molar-refractivity contribution in [1.82, 2.24) is 0 Å². The van der Waals surface area contributed by atoms with E-state index in [0.717, 1.165) is 6.42 Å². The zero-order valence-corrected chi connectivity index (χ0v) is 9.75. The summed E-state index contributed by atoms with van der Waals surface area (Å²) in [6, 6.07) is 0. The smallest absolute Gasteiger partial charge is 0.303 e. The first-order chi connectivity index (χ1) is 6.88. The van der Waals surface area contributed by atoms with Crippen molar-refractivity contribution in [2.45, 2.75) is 46.5 Å². The third-order valence-electron chi connectivity index (χ3n) is 4.18. The molecule has 1 aliphatic carbocycles. The lowest BCUT2D eigenvalue weighted by molar-refractivity contribution is -0.141. The second kappa shape index (κ2) is 4.33. The summed E-state index contributed by atoms with van der Waals surface area (Å²) < 4.78 is 0. The molecule has 1 aliphatic rings. The first-order valence-electron chi connectivity index (χ1n) is 5.63. The normalized spacial score (nSPS) is 36.6. The van der Waals surface area contributed by atoms with Gasteiger partial charge in [0.25, 0.3) is 0 Å². The predicted octanol–water partition coefficient (Wildman–Crippen LogP) is 2.49. The number of ketones is 1. The summed E-state index contributed by atoms with van der Waals surface area (Å²) in [4.78, 5) is 22.5. The Kier molecular flexibility index (Phi) is 3.53. The van der Waals surface area contributed by atoms with Gasteiger partial charge in [0.1, 0.15) is 5.78 Å². The van der Waals surface area contributed by atoms with Crippen molar-refractivity contribution in [3.8, 4) is 0 Å². The Labute approximate surface area is 90.9 Å². The van der Waals surface area contributed by atoms with E-state index in [1.807, 2.05) is 6.92 Å². The Hall–Kier alpha value is -0.860. The molecule has 0 radical (unpaired) electrons. The van der Waals surface area contributed by atoms with Crippen molar-refractivity contribution in [3.05, 3.63) is 0 Å². The summed E-state index contributed by atoms with van der Waals surface area (Å²) in [6.07, 6.45) is 2.14. The molecule has 0 aromatic heterocycles. The van der Waals surface area contributed by atoms with Crippen LogP contribution >= 0.6 is 0 Å². The summed E-state index contributed by atoms with van der Waals surface area (Å²) in [5, 5.41) is 8.69. The highest BCUT2D eigenvalue weighted by atomic mass is 16.4. The maximum absolute atomic E-state index is 11.9. The van der Waals surface area contributed by atoms with Gasteiger partial charge in [-0.1, -0.05) is 20.8 Å². The van der Waals surface area contributed by atoms with Gasteiger partial charge in [0.2, 0.25) is 0 Å². The minimum atomic E-state index is -0.811. The molecule has 0 amide bonds. The minimum absolute atomic E-state index is 0.0965. The summed E-state index contributed by atoms with van der Waals surface area (Å²) >= 11 is 0. The van der Waals surface area contributed by atoms with Crippen molar-refractivity contribution in [2.24, 2.45) is 17.3 Å². The third kappa shape index (κ3) is 2.39. The fourth-order valence-corrected chi connectivity index (χ4v) is 2.51. The number of aliphatic carboxylic acids is 1. The zero-order chi connectivity index (χ0) is 11.6. The quantitative estimate of drug-likeness (QED) is 0.782. The molecule has 1 rings (SSSR count). The largest absolute Gasteiger partial charge is 0.481 e. The SMILES string of the molecule is CC1CCC(=O)C(C)(CCC(=O)O)C1C. The average Bonchev–Trinajstić information content (AvgIpc) is 2.18. The molecule has 3 unspecified atom stereocenters. The Bertz CT molecular complexity index is 272. The first-order valence-corrected chi connectivity index (χ1v) is 5.63. The molecular weight excluding hydrogens is 192 g/mol. The van der Waals surface area contributed by atoms with Crippen LogP contribution in [-0.2, 0) is 9.59 Å². The molecule has 3 nitrogen and oxygen atoms in total. The number of hydrogen-bond acceptors (Lipinski definition) is 2. The van der Waals surface area contributed by atoms with Crippen LogP contribution in [0.5, 0.6) is 0 Å². The van der Waals surface area contributed by atoms with Crippen LogP contribution in [-0.4, -0.2) is 16.9 Å². The topological polar surface area (TPSA) is 54.4 Å². The average molecular weight is 212 g/mol. The number of hydrogen-bond donors (Lipinski definition) is 1. The molecule has 0 bridgehead atoms. The van der Waals surface area contributed by atoms with Gasteiger partial charge >= 0.3 is 5.97 Å². The molecule has 1 saturated carbocycles.